The second-order valence-corrected chi connectivity index (χ2v) is 8.93. The summed E-state index contributed by atoms with van der Waals surface area (Å²) in [5.74, 6) is -2.82. The number of rotatable bonds is 4. The number of benzene rings is 1. The number of aromatic nitrogens is 1. The van der Waals surface area contributed by atoms with Crippen LogP contribution in [0.5, 0.6) is 0 Å². The highest BCUT2D eigenvalue weighted by atomic mass is 16.6. The molecule has 0 spiro atoms. The van der Waals surface area contributed by atoms with E-state index < -0.39 is 42.1 Å². The van der Waals surface area contributed by atoms with Crippen LogP contribution >= 0.6 is 0 Å². The van der Waals surface area contributed by atoms with Gasteiger partial charge in [0.1, 0.15) is 23.7 Å². The molecule has 1 aromatic carbocycles. The van der Waals surface area contributed by atoms with Crippen LogP contribution < -0.4 is 5.32 Å². The number of hydrogen-bond acceptors (Lipinski definition) is 7. The molecule has 34 heavy (non-hydrogen) atoms. The molecule has 4 heterocycles. The van der Waals surface area contributed by atoms with E-state index >= 15 is 0 Å². The minimum atomic E-state index is -1.41. The molecule has 5 atom stereocenters. The first-order valence-corrected chi connectivity index (χ1v) is 11.5. The largest absolute Gasteiger partial charge is 0.434 e. The zero-order valence-electron chi connectivity index (χ0n) is 18.4. The molecule has 2 N–H and O–H groups in total. The van der Waals surface area contributed by atoms with E-state index in [-0.39, 0.29) is 30.4 Å². The van der Waals surface area contributed by atoms with Gasteiger partial charge in [0, 0.05) is 17.6 Å². The van der Waals surface area contributed by atoms with Crippen LogP contribution in [-0.4, -0.2) is 63.0 Å². The highest BCUT2D eigenvalue weighted by Crippen LogP contribution is 2.33. The number of allylic oxidation sites excluding steroid dienone is 1. The first kappa shape index (κ1) is 22.2. The zero-order chi connectivity index (χ0) is 23.8. The van der Waals surface area contributed by atoms with Gasteiger partial charge in [-0.15, -0.1) is 0 Å². The number of hydrogen-bond donors (Lipinski definition) is 2. The molecule has 0 radical (unpaired) electrons. The molecule has 0 bridgehead atoms. The van der Waals surface area contributed by atoms with E-state index in [0.717, 1.165) is 5.39 Å². The Morgan fingerprint density at radius 2 is 1.88 bits per heavy atom. The van der Waals surface area contributed by atoms with Gasteiger partial charge in [-0.3, -0.25) is 24.2 Å². The number of nitrogens with zero attached hydrogens (tertiary/aromatic N) is 2. The number of cyclic esters (lactones) is 1. The van der Waals surface area contributed by atoms with Gasteiger partial charge < -0.3 is 20.1 Å². The predicted octanol–water partition coefficient (Wildman–Crippen LogP) is 1.49. The molecule has 2 aromatic rings. The maximum absolute atomic E-state index is 13.7. The molecule has 5 unspecified atom stereocenters. The maximum Gasteiger partial charge on any atom is 0.310 e. The van der Waals surface area contributed by atoms with Crippen molar-refractivity contribution in [2.75, 3.05) is 0 Å². The molecule has 176 valence electrons. The molecule has 0 saturated carbocycles. The minimum Gasteiger partial charge on any atom is -0.434 e. The molecule has 2 amide bonds. The molecule has 5 rings (SSSR count). The molecule has 1 aromatic heterocycles. The van der Waals surface area contributed by atoms with Crippen molar-refractivity contribution in [3.8, 4) is 0 Å². The Labute approximate surface area is 195 Å². The van der Waals surface area contributed by atoms with Gasteiger partial charge in [0.2, 0.25) is 18.1 Å². The summed E-state index contributed by atoms with van der Waals surface area (Å²) >= 11 is 0. The van der Waals surface area contributed by atoms with Crippen LogP contribution in [0.1, 0.15) is 42.6 Å². The molecule has 9 nitrogen and oxygen atoms in total. The second kappa shape index (κ2) is 8.98. The van der Waals surface area contributed by atoms with Crippen LogP contribution in [0.3, 0.4) is 0 Å². The van der Waals surface area contributed by atoms with Gasteiger partial charge in [0.15, 0.2) is 5.78 Å². The lowest BCUT2D eigenvalue weighted by Crippen LogP contribution is -2.54. The van der Waals surface area contributed by atoms with E-state index in [1.807, 2.05) is 42.5 Å². The van der Waals surface area contributed by atoms with Gasteiger partial charge in [-0.05, 0) is 37.1 Å². The van der Waals surface area contributed by atoms with Gasteiger partial charge in [-0.2, -0.15) is 0 Å². The Morgan fingerprint density at radius 1 is 1.09 bits per heavy atom. The first-order chi connectivity index (χ1) is 16.4. The minimum absolute atomic E-state index is 0.131. The smallest absolute Gasteiger partial charge is 0.310 e. The monoisotopic (exact) mass is 463 g/mol. The third-order valence-electron chi connectivity index (χ3n) is 6.84. The van der Waals surface area contributed by atoms with Crippen molar-refractivity contribution in [1.29, 1.82) is 0 Å². The third-order valence-corrected chi connectivity index (χ3v) is 6.84. The number of ether oxygens (including phenoxy) is 1. The lowest BCUT2D eigenvalue weighted by molar-refractivity contribution is -0.155. The Hall–Kier alpha value is -3.59. The number of nitrogens with one attached hydrogen (secondary N) is 1. The summed E-state index contributed by atoms with van der Waals surface area (Å²) < 4.78 is 4.69. The number of fused-ring (bicyclic) bond motifs is 2. The summed E-state index contributed by atoms with van der Waals surface area (Å²) in [6.45, 7) is 0. The standard InChI is InChI=1S/C25H25N3O6/c29-20-13-18(25(33)34-20)27-23(31)19-10-9-15-6-2-4-8-17(24(32)28(15)19)22(30)21-16-7-3-1-5-14(16)11-12-26-21/h1-5,7,11-12,15,17-19,25,33H,6,8-10,13H2,(H,27,31)/b4-2-. The fourth-order valence-corrected chi connectivity index (χ4v) is 5.12. The summed E-state index contributed by atoms with van der Waals surface area (Å²) in [5, 5.41) is 14.0. The average Bonchev–Trinajstić information content (AvgIpc) is 3.38. The molecular formula is C25H25N3O6. The Morgan fingerprint density at radius 3 is 2.68 bits per heavy atom. The van der Waals surface area contributed by atoms with Crippen LogP contribution in [0.4, 0.5) is 0 Å². The summed E-state index contributed by atoms with van der Waals surface area (Å²) in [5.41, 5.74) is 0.243. The summed E-state index contributed by atoms with van der Waals surface area (Å²) in [6.07, 6.45) is 5.69. The number of carbonyl (C=O) groups excluding carboxylic acids is 4. The molecule has 2 saturated heterocycles. The number of Topliss-reactive ketones (excluding diaryl/α,β-unsaturated/α-hetero) is 1. The van der Waals surface area contributed by atoms with Crippen molar-refractivity contribution >= 4 is 34.3 Å². The van der Waals surface area contributed by atoms with Gasteiger partial charge in [-0.25, -0.2) is 0 Å². The quantitative estimate of drug-likeness (QED) is 0.305. The van der Waals surface area contributed by atoms with E-state index in [1.54, 1.807) is 6.20 Å². The van der Waals surface area contributed by atoms with Gasteiger partial charge in [-0.1, -0.05) is 36.4 Å². The molecule has 3 aliphatic heterocycles. The summed E-state index contributed by atoms with van der Waals surface area (Å²) in [7, 11) is 0. The molecule has 0 aliphatic carbocycles. The molecule has 3 aliphatic rings. The van der Waals surface area contributed by atoms with E-state index in [0.29, 0.717) is 24.6 Å². The average molecular weight is 463 g/mol. The Kier molecular flexibility index (Phi) is 5.87. The van der Waals surface area contributed by atoms with E-state index in [2.05, 4.69) is 10.3 Å². The Bertz CT molecular complexity index is 1190. The van der Waals surface area contributed by atoms with E-state index in [4.69, 9.17) is 4.74 Å². The lowest BCUT2D eigenvalue weighted by Gasteiger charge is -2.33. The number of ketones is 1. The van der Waals surface area contributed by atoms with Crippen LogP contribution in [-0.2, 0) is 19.1 Å². The van der Waals surface area contributed by atoms with Crippen LogP contribution in [0.25, 0.3) is 10.8 Å². The van der Waals surface area contributed by atoms with Crippen LogP contribution in [0.15, 0.2) is 48.7 Å². The third kappa shape index (κ3) is 3.96. The van der Waals surface area contributed by atoms with Crippen molar-refractivity contribution in [2.45, 2.75) is 56.5 Å². The zero-order valence-corrected chi connectivity index (χ0v) is 18.4. The Balaban J connectivity index is 1.42. The van der Waals surface area contributed by atoms with Crippen LogP contribution in [0, 0.1) is 5.92 Å². The topological polar surface area (TPSA) is 126 Å². The van der Waals surface area contributed by atoms with Crippen molar-refractivity contribution in [3.05, 3.63) is 54.4 Å². The first-order valence-electron chi connectivity index (χ1n) is 11.5. The van der Waals surface area contributed by atoms with Crippen molar-refractivity contribution in [2.24, 2.45) is 5.92 Å². The molecule has 2 fully saturated rings. The van der Waals surface area contributed by atoms with Gasteiger partial charge >= 0.3 is 5.97 Å². The summed E-state index contributed by atoms with van der Waals surface area (Å²) in [4.78, 5) is 57.6. The molecular weight excluding hydrogens is 438 g/mol. The predicted molar refractivity (Wildman–Crippen MR) is 120 cm³/mol. The lowest BCUT2D eigenvalue weighted by atomic mass is 9.91. The second-order valence-electron chi connectivity index (χ2n) is 8.93. The van der Waals surface area contributed by atoms with Crippen LogP contribution in [0.2, 0.25) is 0 Å². The highest BCUT2D eigenvalue weighted by molar-refractivity contribution is 6.15. The van der Waals surface area contributed by atoms with Gasteiger partial charge in [0.25, 0.3) is 0 Å². The number of aliphatic hydroxyl groups excluding tert-OH is 1. The highest BCUT2D eigenvalue weighted by Gasteiger charge is 2.46. The maximum atomic E-state index is 13.7. The fourth-order valence-electron chi connectivity index (χ4n) is 5.12. The number of amides is 2. The van der Waals surface area contributed by atoms with Crippen molar-refractivity contribution in [3.63, 3.8) is 0 Å². The number of aliphatic hydroxyl groups is 1. The van der Waals surface area contributed by atoms with E-state index in [9.17, 15) is 24.3 Å². The van der Waals surface area contributed by atoms with Crippen molar-refractivity contribution in [1.82, 2.24) is 15.2 Å². The number of pyridine rings is 1. The summed E-state index contributed by atoms with van der Waals surface area (Å²) in [6, 6.07) is 7.35. The molecule has 9 heteroatoms. The van der Waals surface area contributed by atoms with Crippen molar-refractivity contribution < 1.29 is 29.0 Å². The van der Waals surface area contributed by atoms with E-state index in [1.165, 1.54) is 4.90 Å². The number of carbonyl (C=O) groups is 4. The van der Waals surface area contributed by atoms with Gasteiger partial charge in [0.05, 0.1) is 6.42 Å². The SMILES string of the molecule is O=C1CC(NC(=O)C2CCC3C/C=C\CC(C(=O)c4nccc5ccccc45)C(=O)N32)C(O)O1. The fraction of sp³-hybridized carbons (Fsp3) is 0.400. The normalized spacial score (nSPS) is 29.8. The number of esters is 1.